The van der Waals surface area contributed by atoms with E-state index in [0.717, 1.165) is 26.9 Å². The first-order valence-corrected chi connectivity index (χ1v) is 8.54. The number of aliphatic carboxylic acids is 2. The number of ether oxygens (including phenoxy) is 2. The van der Waals surface area contributed by atoms with Gasteiger partial charge in [0.2, 0.25) is 0 Å². The molecule has 0 fully saturated rings. The smallest absolute Gasteiger partial charge is 0.328 e. The molecule has 0 amide bonds. The third-order valence-corrected chi connectivity index (χ3v) is 4.33. The van der Waals surface area contributed by atoms with Crippen LogP contribution in [-0.2, 0) is 16.1 Å². The molecule has 0 spiro atoms. The molecule has 2 aromatic rings. The van der Waals surface area contributed by atoms with Gasteiger partial charge in [-0.15, -0.1) is 0 Å². The van der Waals surface area contributed by atoms with Crippen LogP contribution in [0.25, 0.3) is 0 Å². The Morgan fingerprint density at radius 3 is 2.15 bits per heavy atom. The maximum Gasteiger partial charge on any atom is 0.328 e. The summed E-state index contributed by atoms with van der Waals surface area (Å²) in [6.07, 6.45) is 1.12. The van der Waals surface area contributed by atoms with Crippen molar-refractivity contribution < 1.29 is 29.3 Å². The molecule has 27 heavy (non-hydrogen) atoms. The minimum absolute atomic E-state index is 0.529. The first-order valence-electron chi connectivity index (χ1n) is 7.73. The van der Waals surface area contributed by atoms with Gasteiger partial charge in [0.25, 0.3) is 0 Å². The topological polar surface area (TPSA) is 119 Å². The number of rotatable bonds is 7. The molecule has 4 N–H and O–H groups in total. The van der Waals surface area contributed by atoms with Gasteiger partial charge in [-0.3, -0.25) is 0 Å². The summed E-state index contributed by atoms with van der Waals surface area (Å²) in [6, 6.07) is 13.9. The fourth-order valence-corrected chi connectivity index (χ4v) is 2.94. The Hall–Kier alpha value is -2.97. The average Bonchev–Trinajstić information content (AvgIpc) is 2.67. The summed E-state index contributed by atoms with van der Waals surface area (Å²) >= 11 is 1.65. The highest BCUT2D eigenvalue weighted by Gasteiger charge is 2.09. The van der Waals surface area contributed by atoms with Gasteiger partial charge in [-0.05, 0) is 23.8 Å². The van der Waals surface area contributed by atoms with E-state index in [0.29, 0.717) is 18.7 Å². The molecule has 0 heterocycles. The largest absolute Gasteiger partial charge is 0.497 e. The summed E-state index contributed by atoms with van der Waals surface area (Å²) in [5.41, 5.74) is 6.89. The van der Waals surface area contributed by atoms with Crippen LogP contribution in [0.2, 0.25) is 0 Å². The zero-order valence-electron chi connectivity index (χ0n) is 14.9. The van der Waals surface area contributed by atoms with E-state index in [1.54, 1.807) is 26.0 Å². The maximum atomic E-state index is 9.55. The van der Waals surface area contributed by atoms with Crippen molar-refractivity contribution in [3.05, 3.63) is 60.2 Å². The van der Waals surface area contributed by atoms with Crippen molar-refractivity contribution in [2.24, 2.45) is 5.73 Å². The van der Waals surface area contributed by atoms with Gasteiger partial charge in [0.1, 0.15) is 11.5 Å². The highest BCUT2D eigenvalue weighted by molar-refractivity contribution is 7.99. The zero-order valence-corrected chi connectivity index (χ0v) is 15.7. The van der Waals surface area contributed by atoms with Gasteiger partial charge in [0.05, 0.1) is 19.1 Å². The SMILES string of the molecule is COc1ccc(Sc2ccccc2CN)c(OC)c1.O=C(O)C=CC(=O)O. The number of nitrogens with two attached hydrogens (primary N) is 1. The molecule has 0 saturated carbocycles. The standard InChI is InChI=1S/C15H17NO2S.C4H4O4/c1-17-12-7-8-15(13(9-12)18-2)19-14-6-4-3-5-11(14)10-16;5-3(6)1-2-4(7)8/h3-9H,10,16H2,1-2H3;1-2H,(H,5,6)(H,7,8). The molecule has 144 valence electrons. The fraction of sp³-hybridized carbons (Fsp3) is 0.158. The lowest BCUT2D eigenvalue weighted by Crippen LogP contribution is -1.98. The summed E-state index contributed by atoms with van der Waals surface area (Å²) in [5.74, 6) is -0.927. The third-order valence-electron chi connectivity index (χ3n) is 3.15. The Labute approximate surface area is 161 Å². The minimum Gasteiger partial charge on any atom is -0.497 e. The number of methoxy groups -OCH3 is 2. The molecule has 7 nitrogen and oxygen atoms in total. The van der Waals surface area contributed by atoms with E-state index < -0.39 is 11.9 Å². The predicted octanol–water partition coefficient (Wildman–Crippen LogP) is 3.03. The van der Waals surface area contributed by atoms with Crippen LogP contribution in [0.1, 0.15) is 5.56 Å². The first-order chi connectivity index (χ1) is 12.9. The number of benzene rings is 2. The Kier molecular flexibility index (Phi) is 9.49. The molecule has 0 saturated heterocycles. The second kappa shape index (κ2) is 11.6. The number of carboxylic acids is 2. The van der Waals surface area contributed by atoms with Crippen molar-refractivity contribution in [2.75, 3.05) is 14.2 Å². The lowest BCUT2D eigenvalue weighted by Gasteiger charge is -2.11. The van der Waals surface area contributed by atoms with Gasteiger partial charge in [-0.2, -0.15) is 0 Å². The first kappa shape index (κ1) is 22.1. The summed E-state index contributed by atoms with van der Waals surface area (Å²) in [5, 5.41) is 15.6. The Balaban J connectivity index is 0.000000387. The van der Waals surface area contributed by atoms with Crippen molar-refractivity contribution in [1.29, 1.82) is 0 Å². The molecule has 0 aliphatic carbocycles. The lowest BCUT2D eigenvalue weighted by atomic mass is 10.2. The second-order valence-electron chi connectivity index (χ2n) is 4.94. The molecule has 0 unspecified atom stereocenters. The van der Waals surface area contributed by atoms with E-state index >= 15 is 0 Å². The number of hydrogen-bond acceptors (Lipinski definition) is 6. The van der Waals surface area contributed by atoms with Crippen LogP contribution in [0.15, 0.2) is 64.4 Å². The molecular formula is C19H21NO6S. The van der Waals surface area contributed by atoms with Crippen LogP contribution in [-0.4, -0.2) is 36.4 Å². The van der Waals surface area contributed by atoms with Crippen LogP contribution >= 0.6 is 11.8 Å². The number of carbonyl (C=O) groups is 2. The Morgan fingerprint density at radius 2 is 1.63 bits per heavy atom. The van der Waals surface area contributed by atoms with Crippen LogP contribution in [0.4, 0.5) is 0 Å². The monoisotopic (exact) mass is 391 g/mol. The molecule has 8 heteroatoms. The molecule has 0 aliphatic rings. The van der Waals surface area contributed by atoms with Crippen molar-refractivity contribution in [3.63, 3.8) is 0 Å². The molecule has 0 aliphatic heterocycles. The molecule has 0 radical (unpaired) electrons. The summed E-state index contributed by atoms with van der Waals surface area (Å²) in [7, 11) is 3.30. The van der Waals surface area contributed by atoms with Crippen molar-refractivity contribution in [3.8, 4) is 11.5 Å². The lowest BCUT2D eigenvalue weighted by molar-refractivity contribution is -0.134. The molecule has 0 bridgehead atoms. The van der Waals surface area contributed by atoms with Gasteiger partial charge >= 0.3 is 11.9 Å². The normalized spacial score (nSPS) is 10.0. The predicted molar refractivity (Wildman–Crippen MR) is 102 cm³/mol. The average molecular weight is 391 g/mol. The van der Waals surface area contributed by atoms with E-state index in [4.69, 9.17) is 25.4 Å². The molecule has 0 atom stereocenters. The third kappa shape index (κ3) is 7.85. The second-order valence-corrected chi connectivity index (χ2v) is 6.02. The minimum atomic E-state index is -1.26. The van der Waals surface area contributed by atoms with Crippen LogP contribution in [0, 0.1) is 0 Å². The van der Waals surface area contributed by atoms with Gasteiger partial charge in [0, 0.05) is 29.7 Å². The highest BCUT2D eigenvalue weighted by atomic mass is 32.2. The van der Waals surface area contributed by atoms with Gasteiger partial charge < -0.3 is 25.4 Å². The van der Waals surface area contributed by atoms with E-state index in [-0.39, 0.29) is 0 Å². The quantitative estimate of drug-likeness (QED) is 0.616. The molecule has 2 rings (SSSR count). The summed E-state index contributed by atoms with van der Waals surface area (Å²) in [4.78, 5) is 21.3. The van der Waals surface area contributed by atoms with E-state index in [1.165, 1.54) is 0 Å². The van der Waals surface area contributed by atoms with Crippen LogP contribution < -0.4 is 15.2 Å². The highest BCUT2D eigenvalue weighted by Crippen LogP contribution is 2.38. The fourth-order valence-electron chi connectivity index (χ4n) is 1.89. The molecule has 0 aromatic heterocycles. The van der Waals surface area contributed by atoms with Crippen molar-refractivity contribution in [1.82, 2.24) is 0 Å². The van der Waals surface area contributed by atoms with E-state index in [2.05, 4.69) is 6.07 Å². The summed E-state index contributed by atoms with van der Waals surface area (Å²) in [6.45, 7) is 0.529. The summed E-state index contributed by atoms with van der Waals surface area (Å²) < 4.78 is 10.6. The van der Waals surface area contributed by atoms with Crippen LogP contribution in [0.3, 0.4) is 0 Å². The zero-order chi connectivity index (χ0) is 20.2. The number of hydrogen-bond donors (Lipinski definition) is 3. The maximum absolute atomic E-state index is 9.55. The molecular weight excluding hydrogens is 370 g/mol. The van der Waals surface area contributed by atoms with Crippen LogP contribution in [0.5, 0.6) is 11.5 Å². The van der Waals surface area contributed by atoms with Crippen molar-refractivity contribution >= 4 is 23.7 Å². The van der Waals surface area contributed by atoms with Gasteiger partial charge in [0.15, 0.2) is 0 Å². The van der Waals surface area contributed by atoms with E-state index in [1.807, 2.05) is 36.4 Å². The van der Waals surface area contributed by atoms with Gasteiger partial charge in [-0.25, -0.2) is 9.59 Å². The van der Waals surface area contributed by atoms with Crippen molar-refractivity contribution in [2.45, 2.75) is 16.3 Å². The van der Waals surface area contributed by atoms with Gasteiger partial charge in [-0.1, -0.05) is 30.0 Å². The number of carboxylic acid groups (broad SMARTS) is 2. The molecule has 2 aromatic carbocycles. The van der Waals surface area contributed by atoms with E-state index in [9.17, 15) is 9.59 Å². The Bertz CT molecular complexity index is 791. The Morgan fingerprint density at radius 1 is 1.00 bits per heavy atom.